The van der Waals surface area contributed by atoms with Gasteiger partial charge in [-0.15, -0.1) is 12.4 Å². The van der Waals surface area contributed by atoms with Crippen molar-refractivity contribution in [2.75, 3.05) is 44.3 Å². The molecule has 1 aromatic carbocycles. The summed E-state index contributed by atoms with van der Waals surface area (Å²) in [6.45, 7) is 13.4. The molecule has 1 aliphatic heterocycles. The van der Waals surface area contributed by atoms with Gasteiger partial charge in [0.05, 0.1) is 29.1 Å². The molecule has 168 valence electrons. The number of morpholine rings is 1. The van der Waals surface area contributed by atoms with Crippen LogP contribution in [0.4, 0.5) is 5.13 Å². The summed E-state index contributed by atoms with van der Waals surface area (Å²) in [7, 11) is 0. The normalized spacial score (nSPS) is 14.6. The van der Waals surface area contributed by atoms with Crippen LogP contribution in [0.3, 0.4) is 0 Å². The predicted molar refractivity (Wildman–Crippen MR) is 128 cm³/mol. The molecule has 0 bridgehead atoms. The Hall–Kier alpha value is -2.00. The SMILES string of the molecule is CCn1nc(C)cc1C(=O)N(CCN1CCOCC1)c1nc2c(C)ccc(C)c2s1.Cl. The quantitative estimate of drug-likeness (QED) is 0.555. The van der Waals surface area contributed by atoms with Crippen molar-refractivity contribution in [2.24, 2.45) is 0 Å². The maximum absolute atomic E-state index is 13.6. The molecule has 4 rings (SSSR count). The lowest BCUT2D eigenvalue weighted by Crippen LogP contribution is -2.43. The van der Waals surface area contributed by atoms with Crippen LogP contribution in [0.1, 0.15) is 34.2 Å². The summed E-state index contributed by atoms with van der Waals surface area (Å²) >= 11 is 1.60. The third-order valence-electron chi connectivity index (χ3n) is 5.57. The second-order valence-corrected chi connectivity index (χ2v) is 8.75. The van der Waals surface area contributed by atoms with Crippen LogP contribution in [-0.4, -0.2) is 65.0 Å². The lowest BCUT2D eigenvalue weighted by molar-refractivity contribution is 0.0391. The van der Waals surface area contributed by atoms with E-state index >= 15 is 0 Å². The second-order valence-electron chi connectivity index (χ2n) is 7.77. The zero-order valence-corrected chi connectivity index (χ0v) is 20.2. The number of hydrogen-bond acceptors (Lipinski definition) is 6. The summed E-state index contributed by atoms with van der Waals surface area (Å²) in [5.74, 6) is -0.0416. The van der Waals surface area contributed by atoms with Crippen molar-refractivity contribution in [1.29, 1.82) is 0 Å². The molecule has 0 saturated carbocycles. The van der Waals surface area contributed by atoms with Crippen LogP contribution in [0.5, 0.6) is 0 Å². The molecule has 0 N–H and O–H groups in total. The molecule has 3 heterocycles. The Labute approximate surface area is 193 Å². The zero-order chi connectivity index (χ0) is 21.3. The Morgan fingerprint density at radius 1 is 1.19 bits per heavy atom. The lowest BCUT2D eigenvalue weighted by Gasteiger charge is -2.29. The molecule has 0 atom stereocenters. The number of anilines is 1. The van der Waals surface area contributed by atoms with Crippen LogP contribution in [0, 0.1) is 20.8 Å². The van der Waals surface area contributed by atoms with E-state index < -0.39 is 0 Å². The van der Waals surface area contributed by atoms with Crippen molar-refractivity contribution < 1.29 is 9.53 Å². The first-order chi connectivity index (χ1) is 14.5. The van der Waals surface area contributed by atoms with Crippen molar-refractivity contribution in [3.63, 3.8) is 0 Å². The minimum atomic E-state index is -0.0416. The Morgan fingerprint density at radius 2 is 1.90 bits per heavy atom. The van der Waals surface area contributed by atoms with Gasteiger partial charge < -0.3 is 4.74 Å². The third kappa shape index (κ3) is 4.92. The van der Waals surface area contributed by atoms with E-state index in [1.54, 1.807) is 16.0 Å². The molecule has 31 heavy (non-hydrogen) atoms. The van der Waals surface area contributed by atoms with Gasteiger partial charge in [-0.05, 0) is 44.9 Å². The number of benzene rings is 1. The maximum atomic E-state index is 13.6. The molecule has 2 aromatic heterocycles. The van der Waals surface area contributed by atoms with Crippen LogP contribution >= 0.6 is 23.7 Å². The largest absolute Gasteiger partial charge is 0.379 e. The van der Waals surface area contributed by atoms with Gasteiger partial charge in [0, 0.05) is 32.7 Å². The van der Waals surface area contributed by atoms with Gasteiger partial charge in [0.1, 0.15) is 5.69 Å². The van der Waals surface area contributed by atoms with Crippen LogP contribution < -0.4 is 4.90 Å². The highest BCUT2D eigenvalue weighted by Crippen LogP contribution is 2.33. The molecule has 0 spiro atoms. The minimum Gasteiger partial charge on any atom is -0.379 e. The number of thiazole rings is 1. The molecule has 0 radical (unpaired) electrons. The Morgan fingerprint density at radius 3 is 2.58 bits per heavy atom. The van der Waals surface area contributed by atoms with Crippen molar-refractivity contribution >= 4 is 45.0 Å². The second kappa shape index (κ2) is 10.1. The highest BCUT2D eigenvalue weighted by Gasteiger charge is 2.26. The topological polar surface area (TPSA) is 63.5 Å². The summed E-state index contributed by atoms with van der Waals surface area (Å²) in [6, 6.07) is 6.09. The van der Waals surface area contributed by atoms with Crippen LogP contribution in [0.25, 0.3) is 10.2 Å². The number of amides is 1. The number of aryl methyl sites for hydroxylation is 4. The first-order valence-electron chi connectivity index (χ1n) is 10.5. The van der Waals surface area contributed by atoms with Crippen molar-refractivity contribution in [2.45, 2.75) is 34.2 Å². The summed E-state index contributed by atoms with van der Waals surface area (Å²) in [4.78, 5) is 22.7. The molecule has 3 aromatic rings. The Bertz CT molecular complexity index is 1020. The van der Waals surface area contributed by atoms with E-state index in [1.165, 1.54) is 5.56 Å². The van der Waals surface area contributed by atoms with E-state index in [1.807, 2.05) is 24.8 Å². The third-order valence-corrected chi connectivity index (χ3v) is 6.78. The average Bonchev–Trinajstić information content (AvgIpc) is 3.36. The molecule has 1 saturated heterocycles. The molecular formula is C22H30ClN5O2S. The molecule has 0 aliphatic carbocycles. The van der Waals surface area contributed by atoms with Gasteiger partial charge in [0.25, 0.3) is 5.91 Å². The number of ether oxygens (including phenoxy) is 1. The standard InChI is InChI=1S/C22H29N5O2S.ClH/c1-5-27-18(14-17(4)24-27)21(28)26(9-8-25-10-12-29-13-11-25)22-23-19-15(2)6-7-16(3)20(19)30-22;/h6-7,14H,5,8-13H2,1-4H3;1H. The minimum absolute atomic E-state index is 0. The van der Waals surface area contributed by atoms with E-state index in [0.717, 1.165) is 59.5 Å². The molecule has 1 aliphatic rings. The Kier molecular flexibility index (Phi) is 7.69. The number of aromatic nitrogens is 3. The van der Waals surface area contributed by atoms with Gasteiger partial charge in [-0.25, -0.2) is 4.98 Å². The van der Waals surface area contributed by atoms with Crippen LogP contribution in [0.2, 0.25) is 0 Å². The monoisotopic (exact) mass is 463 g/mol. The summed E-state index contributed by atoms with van der Waals surface area (Å²) in [5.41, 5.74) is 4.77. The van der Waals surface area contributed by atoms with Gasteiger partial charge in [-0.1, -0.05) is 23.5 Å². The first-order valence-corrected chi connectivity index (χ1v) is 11.3. The summed E-state index contributed by atoms with van der Waals surface area (Å²) < 4.78 is 8.39. The fraction of sp³-hybridized carbons (Fsp3) is 0.500. The highest BCUT2D eigenvalue weighted by atomic mass is 35.5. The van der Waals surface area contributed by atoms with Crippen LogP contribution in [0.15, 0.2) is 18.2 Å². The van der Waals surface area contributed by atoms with Gasteiger partial charge in [-0.3, -0.25) is 19.3 Å². The number of rotatable bonds is 6. The molecule has 7 nitrogen and oxygen atoms in total. The number of hydrogen-bond donors (Lipinski definition) is 0. The first kappa shape index (κ1) is 23.7. The average molecular weight is 464 g/mol. The molecule has 1 fully saturated rings. The van der Waals surface area contributed by atoms with Crippen molar-refractivity contribution in [3.8, 4) is 0 Å². The Balaban J connectivity index is 0.00000272. The molecule has 0 unspecified atom stereocenters. The predicted octanol–water partition coefficient (Wildman–Crippen LogP) is 3.84. The number of fused-ring (bicyclic) bond motifs is 1. The van der Waals surface area contributed by atoms with E-state index in [2.05, 4.69) is 36.0 Å². The highest BCUT2D eigenvalue weighted by molar-refractivity contribution is 7.22. The lowest BCUT2D eigenvalue weighted by atomic mass is 10.1. The van der Waals surface area contributed by atoms with E-state index in [9.17, 15) is 4.79 Å². The zero-order valence-electron chi connectivity index (χ0n) is 18.6. The van der Waals surface area contributed by atoms with Crippen LogP contribution in [-0.2, 0) is 11.3 Å². The molecular weight excluding hydrogens is 434 g/mol. The van der Waals surface area contributed by atoms with Gasteiger partial charge >= 0.3 is 0 Å². The van der Waals surface area contributed by atoms with E-state index in [-0.39, 0.29) is 18.3 Å². The number of halogens is 1. The summed E-state index contributed by atoms with van der Waals surface area (Å²) in [5, 5.41) is 5.22. The molecule has 9 heteroatoms. The van der Waals surface area contributed by atoms with Gasteiger partial charge in [-0.2, -0.15) is 5.10 Å². The van der Waals surface area contributed by atoms with Gasteiger partial charge in [0.2, 0.25) is 0 Å². The van der Waals surface area contributed by atoms with Crippen molar-refractivity contribution in [3.05, 3.63) is 40.7 Å². The van der Waals surface area contributed by atoms with E-state index in [4.69, 9.17) is 9.72 Å². The number of carbonyl (C=O) groups is 1. The van der Waals surface area contributed by atoms with Crippen molar-refractivity contribution in [1.82, 2.24) is 19.7 Å². The fourth-order valence-electron chi connectivity index (χ4n) is 3.81. The maximum Gasteiger partial charge on any atom is 0.278 e. The van der Waals surface area contributed by atoms with E-state index in [0.29, 0.717) is 18.8 Å². The number of carbonyl (C=O) groups excluding carboxylic acids is 1. The molecule has 1 amide bonds. The summed E-state index contributed by atoms with van der Waals surface area (Å²) in [6.07, 6.45) is 0. The number of nitrogens with zero attached hydrogens (tertiary/aromatic N) is 5. The smallest absolute Gasteiger partial charge is 0.278 e. The fourth-order valence-corrected chi connectivity index (χ4v) is 4.95. The van der Waals surface area contributed by atoms with Gasteiger partial charge in [0.15, 0.2) is 5.13 Å².